The van der Waals surface area contributed by atoms with Gasteiger partial charge < -0.3 is 10.1 Å². The van der Waals surface area contributed by atoms with E-state index >= 15 is 0 Å². The minimum absolute atomic E-state index is 0.235. The quantitative estimate of drug-likeness (QED) is 0.804. The Bertz CT molecular complexity index is 286. The Morgan fingerprint density at radius 2 is 2.27 bits per heavy atom. The van der Waals surface area contributed by atoms with E-state index in [0.717, 1.165) is 17.5 Å². The first-order valence-corrected chi connectivity index (χ1v) is 5.80. The molecule has 0 amide bonds. The molecule has 0 heterocycles. The van der Waals surface area contributed by atoms with Crippen molar-refractivity contribution in [1.29, 1.82) is 0 Å². The van der Waals surface area contributed by atoms with Crippen molar-refractivity contribution in [3.63, 3.8) is 0 Å². The Balaban J connectivity index is 2.37. The summed E-state index contributed by atoms with van der Waals surface area (Å²) in [5, 5.41) is 3.04. The van der Waals surface area contributed by atoms with E-state index in [4.69, 9.17) is 4.74 Å². The van der Waals surface area contributed by atoms with Gasteiger partial charge in [0.2, 0.25) is 0 Å². The second kappa shape index (κ2) is 6.80. The van der Waals surface area contributed by atoms with Crippen LogP contribution < -0.4 is 5.32 Å². The molecule has 0 aliphatic rings. The zero-order valence-corrected chi connectivity index (χ0v) is 10.3. The summed E-state index contributed by atoms with van der Waals surface area (Å²) in [5.41, 5.74) is 0.522. The van der Waals surface area contributed by atoms with E-state index in [0.29, 0.717) is 18.8 Å². The molecule has 0 saturated heterocycles. The minimum atomic E-state index is -0.235. The topological polar surface area (TPSA) is 21.3 Å². The molecule has 2 nitrogen and oxygen atoms in total. The first-order valence-electron chi connectivity index (χ1n) is 5.01. The van der Waals surface area contributed by atoms with Gasteiger partial charge in [0, 0.05) is 24.2 Å². The number of hydrogen-bond acceptors (Lipinski definition) is 2. The maximum absolute atomic E-state index is 13.3. The molecule has 4 heteroatoms. The lowest BCUT2D eigenvalue weighted by Gasteiger charge is -2.09. The average molecular weight is 276 g/mol. The van der Waals surface area contributed by atoms with E-state index < -0.39 is 0 Å². The summed E-state index contributed by atoms with van der Waals surface area (Å²) >= 11 is 3.30. The normalized spacial score (nSPS) is 10.3. The molecular formula is C11H15BrFNO. The van der Waals surface area contributed by atoms with Crippen LogP contribution in [-0.2, 0) is 4.74 Å². The Kier molecular flexibility index (Phi) is 5.65. The molecule has 0 unspecified atom stereocenters. The predicted octanol–water partition coefficient (Wildman–Crippen LogP) is 3.43. The molecule has 1 N–H and O–H groups in total. The SMILES string of the molecule is CCOCCCNc1c(F)cccc1Br. The van der Waals surface area contributed by atoms with Gasteiger partial charge in [-0.3, -0.25) is 0 Å². The van der Waals surface area contributed by atoms with Gasteiger partial charge in [-0.15, -0.1) is 0 Å². The molecule has 0 atom stereocenters. The highest BCUT2D eigenvalue weighted by Crippen LogP contribution is 2.24. The van der Waals surface area contributed by atoms with Gasteiger partial charge in [0.25, 0.3) is 0 Å². The van der Waals surface area contributed by atoms with Crippen molar-refractivity contribution < 1.29 is 9.13 Å². The monoisotopic (exact) mass is 275 g/mol. The molecule has 0 aromatic heterocycles. The summed E-state index contributed by atoms with van der Waals surface area (Å²) in [7, 11) is 0. The zero-order valence-electron chi connectivity index (χ0n) is 8.72. The highest BCUT2D eigenvalue weighted by atomic mass is 79.9. The molecular weight excluding hydrogens is 261 g/mol. The van der Waals surface area contributed by atoms with Crippen LogP contribution in [0.1, 0.15) is 13.3 Å². The fourth-order valence-electron chi connectivity index (χ4n) is 1.20. The third-order valence-corrected chi connectivity index (χ3v) is 2.59. The summed E-state index contributed by atoms with van der Waals surface area (Å²) in [6.07, 6.45) is 0.870. The van der Waals surface area contributed by atoms with Crippen LogP contribution in [0.4, 0.5) is 10.1 Å². The molecule has 1 rings (SSSR count). The molecule has 0 radical (unpaired) electrons. The number of halogens is 2. The smallest absolute Gasteiger partial charge is 0.147 e. The Labute approximate surface area is 98.0 Å². The number of benzene rings is 1. The third-order valence-electron chi connectivity index (χ3n) is 1.93. The van der Waals surface area contributed by atoms with Crippen LogP contribution in [0.25, 0.3) is 0 Å². The molecule has 0 bridgehead atoms. The average Bonchev–Trinajstić information content (AvgIpc) is 2.21. The van der Waals surface area contributed by atoms with Crippen molar-refractivity contribution in [2.75, 3.05) is 25.1 Å². The summed E-state index contributed by atoms with van der Waals surface area (Å²) < 4.78 is 19.2. The van der Waals surface area contributed by atoms with Gasteiger partial charge in [-0.05, 0) is 41.4 Å². The Morgan fingerprint density at radius 3 is 2.93 bits per heavy atom. The fraction of sp³-hybridized carbons (Fsp3) is 0.455. The molecule has 1 aromatic carbocycles. The molecule has 0 fully saturated rings. The van der Waals surface area contributed by atoms with Crippen LogP contribution in [0.5, 0.6) is 0 Å². The van der Waals surface area contributed by atoms with Gasteiger partial charge in [0.15, 0.2) is 0 Å². The summed E-state index contributed by atoms with van der Waals surface area (Å²) in [4.78, 5) is 0. The lowest BCUT2D eigenvalue weighted by Crippen LogP contribution is -2.07. The van der Waals surface area contributed by atoms with E-state index in [2.05, 4.69) is 21.2 Å². The minimum Gasteiger partial charge on any atom is -0.382 e. The second-order valence-corrected chi connectivity index (χ2v) is 3.93. The number of nitrogens with one attached hydrogen (secondary N) is 1. The van der Waals surface area contributed by atoms with Crippen molar-refractivity contribution >= 4 is 21.6 Å². The molecule has 0 aliphatic heterocycles. The van der Waals surface area contributed by atoms with Gasteiger partial charge in [-0.25, -0.2) is 4.39 Å². The van der Waals surface area contributed by atoms with Crippen LogP contribution in [0, 0.1) is 5.82 Å². The summed E-state index contributed by atoms with van der Waals surface area (Å²) in [6, 6.07) is 4.92. The second-order valence-electron chi connectivity index (χ2n) is 3.07. The Morgan fingerprint density at radius 1 is 1.47 bits per heavy atom. The largest absolute Gasteiger partial charge is 0.382 e. The summed E-state index contributed by atoms with van der Waals surface area (Å²) in [5.74, 6) is -0.235. The molecule has 15 heavy (non-hydrogen) atoms. The first kappa shape index (κ1) is 12.5. The maximum atomic E-state index is 13.3. The van der Waals surface area contributed by atoms with Crippen LogP contribution in [0.15, 0.2) is 22.7 Å². The highest BCUT2D eigenvalue weighted by Gasteiger charge is 2.04. The highest BCUT2D eigenvalue weighted by molar-refractivity contribution is 9.10. The number of rotatable bonds is 6. The molecule has 84 valence electrons. The maximum Gasteiger partial charge on any atom is 0.147 e. The van der Waals surface area contributed by atoms with Gasteiger partial charge in [-0.1, -0.05) is 6.07 Å². The van der Waals surface area contributed by atoms with Gasteiger partial charge in [0.05, 0.1) is 5.69 Å². The third kappa shape index (κ3) is 4.18. The van der Waals surface area contributed by atoms with Crippen molar-refractivity contribution in [1.82, 2.24) is 0 Å². The van der Waals surface area contributed by atoms with Gasteiger partial charge in [0.1, 0.15) is 5.82 Å². The summed E-state index contributed by atoms with van der Waals surface area (Å²) in [6.45, 7) is 4.10. The lowest BCUT2D eigenvalue weighted by atomic mass is 10.3. The first-order chi connectivity index (χ1) is 7.25. The van der Waals surface area contributed by atoms with E-state index in [1.807, 2.05) is 13.0 Å². The Hall–Kier alpha value is -0.610. The molecule has 0 spiro atoms. The van der Waals surface area contributed by atoms with Gasteiger partial charge in [-0.2, -0.15) is 0 Å². The van der Waals surface area contributed by atoms with Crippen LogP contribution in [-0.4, -0.2) is 19.8 Å². The van der Waals surface area contributed by atoms with Crippen molar-refractivity contribution in [3.05, 3.63) is 28.5 Å². The van der Waals surface area contributed by atoms with Crippen molar-refractivity contribution in [2.24, 2.45) is 0 Å². The molecule has 1 aromatic rings. The lowest BCUT2D eigenvalue weighted by molar-refractivity contribution is 0.147. The predicted molar refractivity (Wildman–Crippen MR) is 63.7 cm³/mol. The van der Waals surface area contributed by atoms with Crippen LogP contribution in [0.3, 0.4) is 0 Å². The van der Waals surface area contributed by atoms with Crippen LogP contribution >= 0.6 is 15.9 Å². The van der Waals surface area contributed by atoms with E-state index in [1.165, 1.54) is 6.07 Å². The number of para-hydroxylation sites is 1. The standard InChI is InChI=1S/C11H15BrFNO/c1-2-15-8-4-7-14-11-9(12)5-3-6-10(11)13/h3,5-6,14H,2,4,7-8H2,1H3. The van der Waals surface area contributed by atoms with Crippen LogP contribution in [0.2, 0.25) is 0 Å². The zero-order chi connectivity index (χ0) is 11.1. The van der Waals surface area contributed by atoms with Crippen molar-refractivity contribution in [2.45, 2.75) is 13.3 Å². The van der Waals surface area contributed by atoms with Crippen molar-refractivity contribution in [3.8, 4) is 0 Å². The van der Waals surface area contributed by atoms with E-state index in [9.17, 15) is 4.39 Å². The fourth-order valence-corrected chi connectivity index (χ4v) is 1.68. The number of ether oxygens (including phenoxy) is 1. The number of anilines is 1. The van der Waals surface area contributed by atoms with E-state index in [1.54, 1.807) is 6.07 Å². The number of hydrogen-bond donors (Lipinski definition) is 1. The molecule has 0 saturated carbocycles. The van der Waals surface area contributed by atoms with Gasteiger partial charge >= 0.3 is 0 Å². The van der Waals surface area contributed by atoms with E-state index in [-0.39, 0.29) is 5.82 Å². The molecule has 0 aliphatic carbocycles.